The number of carbonyl (C=O) groups excluding carboxylic acids is 1. The molecular weight excluding hydrogens is 453 g/mol. The van der Waals surface area contributed by atoms with Crippen LogP contribution in [0.1, 0.15) is 28.6 Å². The van der Waals surface area contributed by atoms with Gasteiger partial charge in [0.05, 0.1) is 35.3 Å². The first-order valence-corrected chi connectivity index (χ1v) is 11.8. The van der Waals surface area contributed by atoms with Crippen molar-refractivity contribution in [2.75, 3.05) is 5.32 Å². The van der Waals surface area contributed by atoms with E-state index in [0.717, 1.165) is 34.0 Å². The number of carbonyl (C=O) groups is 1. The molecule has 1 unspecified atom stereocenters. The summed E-state index contributed by atoms with van der Waals surface area (Å²) < 4.78 is 18.5. The molecule has 0 bridgehead atoms. The SMILES string of the molecule is Cc1nn(-c2ccccc2)c2c1CN(C(=O)Nc1ccccc1F)C(c1ccccc1)c1cccn1-2. The number of benzene rings is 3. The van der Waals surface area contributed by atoms with Gasteiger partial charge in [-0.1, -0.05) is 60.7 Å². The molecule has 0 saturated carbocycles. The number of hydrogen-bond donors (Lipinski definition) is 1. The van der Waals surface area contributed by atoms with Gasteiger partial charge in [-0.15, -0.1) is 0 Å². The van der Waals surface area contributed by atoms with Crippen LogP contribution in [0, 0.1) is 12.7 Å². The van der Waals surface area contributed by atoms with E-state index in [2.05, 4.69) is 9.88 Å². The lowest BCUT2D eigenvalue weighted by molar-refractivity contribution is 0.194. The fourth-order valence-corrected chi connectivity index (χ4v) is 4.88. The zero-order valence-electron chi connectivity index (χ0n) is 19.7. The van der Waals surface area contributed by atoms with Crippen LogP contribution in [0.5, 0.6) is 0 Å². The van der Waals surface area contributed by atoms with Crippen molar-refractivity contribution in [3.05, 3.63) is 132 Å². The van der Waals surface area contributed by atoms with Crippen LogP contribution in [0.25, 0.3) is 11.5 Å². The van der Waals surface area contributed by atoms with Gasteiger partial charge in [0.25, 0.3) is 0 Å². The van der Waals surface area contributed by atoms with Crippen LogP contribution in [0.15, 0.2) is 103 Å². The first-order valence-electron chi connectivity index (χ1n) is 11.8. The Labute approximate surface area is 208 Å². The molecule has 1 aliphatic rings. The maximum atomic E-state index is 14.5. The largest absolute Gasteiger partial charge is 0.323 e. The Bertz CT molecular complexity index is 1540. The van der Waals surface area contributed by atoms with Gasteiger partial charge in [0, 0.05) is 11.8 Å². The van der Waals surface area contributed by atoms with Gasteiger partial charge < -0.3 is 14.8 Å². The quantitative estimate of drug-likeness (QED) is 0.334. The second-order valence-electron chi connectivity index (χ2n) is 8.79. The van der Waals surface area contributed by atoms with Gasteiger partial charge in [0.2, 0.25) is 0 Å². The molecule has 0 radical (unpaired) electrons. The van der Waals surface area contributed by atoms with Crippen molar-refractivity contribution < 1.29 is 9.18 Å². The highest BCUT2D eigenvalue weighted by atomic mass is 19.1. The lowest BCUT2D eigenvalue weighted by Crippen LogP contribution is -2.38. The van der Waals surface area contributed by atoms with E-state index in [1.165, 1.54) is 6.07 Å². The molecule has 3 heterocycles. The summed E-state index contributed by atoms with van der Waals surface area (Å²) in [6, 6.07) is 29.3. The number of aromatic nitrogens is 3. The lowest BCUT2D eigenvalue weighted by Gasteiger charge is -2.31. The molecule has 0 fully saturated rings. The Hall–Kier alpha value is -4.65. The highest BCUT2D eigenvalue weighted by Gasteiger charge is 2.36. The maximum Gasteiger partial charge on any atom is 0.323 e. The predicted octanol–water partition coefficient (Wildman–Crippen LogP) is 6.25. The predicted molar refractivity (Wildman–Crippen MR) is 137 cm³/mol. The number of nitrogens with zero attached hydrogens (tertiary/aromatic N) is 4. The third kappa shape index (κ3) is 3.65. The number of nitrogens with one attached hydrogen (secondary N) is 1. The van der Waals surface area contributed by atoms with Crippen molar-refractivity contribution in [2.45, 2.75) is 19.5 Å². The molecule has 0 spiro atoms. The van der Waals surface area contributed by atoms with Gasteiger partial charge in [0.15, 0.2) is 0 Å². The molecule has 1 atom stereocenters. The second kappa shape index (κ2) is 8.85. The Balaban J connectivity index is 1.54. The minimum absolute atomic E-state index is 0.144. The van der Waals surface area contributed by atoms with E-state index in [1.807, 2.05) is 90.6 Å². The average Bonchev–Trinajstić information content (AvgIpc) is 3.47. The monoisotopic (exact) mass is 477 g/mol. The van der Waals surface area contributed by atoms with Gasteiger partial charge in [-0.05, 0) is 48.9 Å². The normalized spacial score (nSPS) is 14.6. The minimum Gasteiger partial charge on any atom is -0.307 e. The molecule has 178 valence electrons. The van der Waals surface area contributed by atoms with Crippen LogP contribution in [0.4, 0.5) is 14.9 Å². The van der Waals surface area contributed by atoms with Crippen molar-refractivity contribution in [1.29, 1.82) is 0 Å². The van der Waals surface area contributed by atoms with Crippen LogP contribution in [0.2, 0.25) is 0 Å². The number of halogens is 1. The number of hydrogen-bond acceptors (Lipinski definition) is 2. The topological polar surface area (TPSA) is 55.1 Å². The van der Waals surface area contributed by atoms with Crippen molar-refractivity contribution in [2.24, 2.45) is 0 Å². The summed E-state index contributed by atoms with van der Waals surface area (Å²) >= 11 is 0. The number of anilines is 1. The van der Waals surface area contributed by atoms with Gasteiger partial charge in [0.1, 0.15) is 11.6 Å². The standard InChI is InChI=1S/C29H24FN5O/c1-20-23-19-34(29(36)31-25-16-9-8-15-24(25)30)27(21-11-4-2-5-12-21)26-17-10-18-33(26)28(23)35(32-20)22-13-6-3-7-14-22/h2-18,27H,19H2,1H3,(H,31,36). The van der Waals surface area contributed by atoms with Crippen LogP contribution in [0.3, 0.4) is 0 Å². The molecule has 36 heavy (non-hydrogen) atoms. The summed E-state index contributed by atoms with van der Waals surface area (Å²) in [5, 5.41) is 7.64. The molecule has 0 aliphatic carbocycles. The first kappa shape index (κ1) is 21.9. The molecule has 0 saturated heterocycles. The van der Waals surface area contributed by atoms with E-state index in [-0.39, 0.29) is 11.7 Å². The Morgan fingerprint density at radius 1 is 0.917 bits per heavy atom. The number of amides is 2. The number of rotatable bonds is 3. The minimum atomic E-state index is -0.478. The van der Waals surface area contributed by atoms with E-state index in [1.54, 1.807) is 23.1 Å². The fraction of sp³-hybridized carbons (Fsp3) is 0.103. The average molecular weight is 478 g/mol. The van der Waals surface area contributed by atoms with Gasteiger partial charge in [-0.25, -0.2) is 13.9 Å². The van der Waals surface area contributed by atoms with Gasteiger partial charge in [-0.3, -0.25) is 0 Å². The molecule has 2 amide bonds. The summed E-state index contributed by atoms with van der Waals surface area (Å²) in [4.78, 5) is 15.6. The Kier molecular flexibility index (Phi) is 5.37. The zero-order chi connectivity index (χ0) is 24.6. The maximum absolute atomic E-state index is 14.5. The third-order valence-electron chi connectivity index (χ3n) is 6.58. The van der Waals surface area contributed by atoms with Crippen molar-refractivity contribution in [3.63, 3.8) is 0 Å². The number of aryl methyl sites for hydroxylation is 1. The molecule has 5 aromatic rings. The zero-order valence-corrected chi connectivity index (χ0v) is 19.7. The highest BCUT2D eigenvalue weighted by molar-refractivity contribution is 5.90. The van der Waals surface area contributed by atoms with E-state index in [0.29, 0.717) is 6.54 Å². The molecule has 1 aliphatic heterocycles. The van der Waals surface area contributed by atoms with E-state index in [4.69, 9.17) is 5.10 Å². The third-order valence-corrected chi connectivity index (χ3v) is 6.58. The van der Waals surface area contributed by atoms with Crippen LogP contribution in [-0.4, -0.2) is 25.3 Å². The van der Waals surface area contributed by atoms with E-state index in [9.17, 15) is 9.18 Å². The summed E-state index contributed by atoms with van der Waals surface area (Å²) in [6.45, 7) is 2.26. The summed E-state index contributed by atoms with van der Waals surface area (Å²) in [6.07, 6.45) is 2.00. The molecule has 1 N–H and O–H groups in total. The van der Waals surface area contributed by atoms with Crippen molar-refractivity contribution in [1.82, 2.24) is 19.2 Å². The summed E-state index contributed by atoms with van der Waals surface area (Å²) in [5.74, 6) is 0.412. The van der Waals surface area contributed by atoms with Crippen molar-refractivity contribution >= 4 is 11.7 Å². The number of urea groups is 1. The Morgan fingerprint density at radius 3 is 2.36 bits per heavy atom. The van der Waals surface area contributed by atoms with Gasteiger partial charge >= 0.3 is 6.03 Å². The summed E-state index contributed by atoms with van der Waals surface area (Å²) in [7, 11) is 0. The first-order chi connectivity index (χ1) is 17.6. The Morgan fingerprint density at radius 2 is 1.61 bits per heavy atom. The van der Waals surface area contributed by atoms with E-state index < -0.39 is 11.9 Å². The van der Waals surface area contributed by atoms with Crippen LogP contribution < -0.4 is 5.32 Å². The van der Waals surface area contributed by atoms with Gasteiger partial charge in [-0.2, -0.15) is 5.10 Å². The second-order valence-corrected chi connectivity index (χ2v) is 8.79. The van der Waals surface area contributed by atoms with Crippen LogP contribution >= 0.6 is 0 Å². The summed E-state index contributed by atoms with van der Waals surface area (Å²) in [5.41, 5.74) is 4.71. The number of fused-ring (bicyclic) bond motifs is 3. The molecular formula is C29H24FN5O. The number of para-hydroxylation sites is 2. The molecule has 6 nitrogen and oxygen atoms in total. The molecule has 3 aromatic carbocycles. The molecule has 2 aromatic heterocycles. The lowest BCUT2D eigenvalue weighted by atomic mass is 10.0. The fourth-order valence-electron chi connectivity index (χ4n) is 4.88. The highest BCUT2D eigenvalue weighted by Crippen LogP contribution is 2.38. The van der Waals surface area contributed by atoms with E-state index >= 15 is 0 Å². The molecule has 7 heteroatoms. The molecule has 6 rings (SSSR count). The van der Waals surface area contributed by atoms with Crippen LogP contribution in [-0.2, 0) is 6.54 Å². The smallest absolute Gasteiger partial charge is 0.307 e. The van der Waals surface area contributed by atoms with Crippen molar-refractivity contribution in [3.8, 4) is 11.5 Å².